The normalized spacial score (nSPS) is 15.8. The summed E-state index contributed by atoms with van der Waals surface area (Å²) in [6.07, 6.45) is -6.13. The molecule has 0 saturated carbocycles. The summed E-state index contributed by atoms with van der Waals surface area (Å²) in [6, 6.07) is 9.83. The molecule has 0 atom stereocenters. The number of hydrogen-bond donors (Lipinski definition) is 5. The summed E-state index contributed by atoms with van der Waals surface area (Å²) < 4.78 is 69.3. The zero-order valence-corrected chi connectivity index (χ0v) is 21.2. The number of aliphatic carboxylic acids is 2. The van der Waals surface area contributed by atoms with Gasteiger partial charge in [0.2, 0.25) is 11.8 Å². The highest BCUT2D eigenvalue weighted by molar-refractivity contribution is 5.83. The van der Waals surface area contributed by atoms with Gasteiger partial charge in [0.1, 0.15) is 11.6 Å². The van der Waals surface area contributed by atoms with Crippen molar-refractivity contribution in [2.75, 3.05) is 30.3 Å². The number of anilines is 2. The number of halogens is 6. The number of nitrogens with one attached hydrogen (secondary N) is 3. The molecule has 0 unspecified atom stereocenters. The highest BCUT2D eigenvalue weighted by atomic mass is 19.4. The van der Waals surface area contributed by atoms with Gasteiger partial charge in [0.25, 0.3) is 0 Å². The van der Waals surface area contributed by atoms with Gasteiger partial charge in [0, 0.05) is 12.7 Å². The van der Waals surface area contributed by atoms with Crippen LogP contribution in [0, 0.1) is 24.2 Å². The Hall–Kier alpha value is -4.59. The van der Waals surface area contributed by atoms with Crippen LogP contribution in [-0.4, -0.2) is 64.1 Å². The van der Waals surface area contributed by atoms with E-state index in [-0.39, 0.29) is 0 Å². The number of carboxylic acid groups (broad SMARTS) is 2. The number of nitriles is 1. The average molecular weight is 590 g/mol. The molecular weight excluding hydrogens is 566 g/mol. The molecule has 2 aliphatic heterocycles. The summed E-state index contributed by atoms with van der Waals surface area (Å²) in [5, 5.41) is 33.9. The lowest BCUT2D eigenvalue weighted by Crippen LogP contribution is -2.31. The van der Waals surface area contributed by atoms with Gasteiger partial charge in [-0.05, 0) is 56.5 Å². The first-order valence-corrected chi connectivity index (χ1v) is 11.7. The number of benzene rings is 1. The second-order valence-electron chi connectivity index (χ2n) is 8.44. The van der Waals surface area contributed by atoms with Crippen LogP contribution in [0.2, 0.25) is 0 Å². The van der Waals surface area contributed by atoms with Crippen molar-refractivity contribution >= 4 is 29.1 Å². The Labute approximate surface area is 228 Å². The zero-order chi connectivity index (χ0) is 30.8. The van der Waals surface area contributed by atoms with Gasteiger partial charge in [0.15, 0.2) is 5.75 Å². The van der Waals surface area contributed by atoms with E-state index in [9.17, 15) is 31.6 Å². The summed E-state index contributed by atoms with van der Waals surface area (Å²) in [7, 11) is 0. The Morgan fingerprint density at radius 3 is 2.17 bits per heavy atom. The molecule has 2 aromatic rings. The summed E-state index contributed by atoms with van der Waals surface area (Å²) >= 11 is 0. The average Bonchev–Trinajstić information content (AvgIpc) is 3.33. The van der Waals surface area contributed by atoms with Gasteiger partial charge in [-0.3, -0.25) is 0 Å². The Kier molecular flexibility index (Phi) is 11.3. The van der Waals surface area contributed by atoms with E-state index < -0.39 is 24.3 Å². The predicted octanol–water partition coefficient (Wildman–Crippen LogP) is 4.16. The standard InChI is InChI=1S/C20H22N6O.2C2HF3O2/c1-13-11-23-20(24-12-14-6-8-22-9-7-14)26-18(13)15(10-21)19-25-16-4-2-3-5-17(16)27-19;2*3-2(4,5)1(6)7/h2-5,11,14,22,25H,6-9,12H2,1H3,(H,23,24,26);2*(H,6,7)/b19-15-;;. The molecule has 11 nitrogen and oxygen atoms in total. The second kappa shape index (κ2) is 14.2. The van der Waals surface area contributed by atoms with Crippen molar-refractivity contribution in [3.8, 4) is 11.8 Å². The molecule has 0 aliphatic carbocycles. The van der Waals surface area contributed by atoms with E-state index >= 15 is 0 Å². The van der Waals surface area contributed by atoms with Crippen molar-refractivity contribution in [1.29, 1.82) is 5.26 Å². The molecule has 4 rings (SSSR count). The van der Waals surface area contributed by atoms with E-state index in [0.29, 0.717) is 34.8 Å². The summed E-state index contributed by atoms with van der Waals surface area (Å²) in [5.41, 5.74) is 2.62. The van der Waals surface area contributed by atoms with Crippen LogP contribution >= 0.6 is 0 Å². The van der Waals surface area contributed by atoms with Gasteiger partial charge in [-0.15, -0.1) is 0 Å². The number of allylic oxidation sites excluding steroid dienone is 1. The lowest BCUT2D eigenvalue weighted by atomic mass is 9.98. The number of hydrogen-bond acceptors (Lipinski definition) is 9. The number of para-hydroxylation sites is 2. The number of rotatable bonds is 4. The van der Waals surface area contributed by atoms with Crippen molar-refractivity contribution in [2.24, 2.45) is 5.92 Å². The van der Waals surface area contributed by atoms with Crippen LogP contribution in [0.3, 0.4) is 0 Å². The van der Waals surface area contributed by atoms with E-state index in [1.165, 1.54) is 0 Å². The molecule has 0 radical (unpaired) electrons. The molecule has 222 valence electrons. The van der Waals surface area contributed by atoms with Crippen LogP contribution in [0.25, 0.3) is 5.57 Å². The highest BCUT2D eigenvalue weighted by Crippen LogP contribution is 2.35. The third kappa shape index (κ3) is 10.1. The van der Waals surface area contributed by atoms with E-state index in [1.54, 1.807) is 6.20 Å². The van der Waals surface area contributed by atoms with Crippen molar-refractivity contribution in [3.05, 3.63) is 47.6 Å². The fourth-order valence-electron chi connectivity index (χ4n) is 3.34. The van der Waals surface area contributed by atoms with Crippen LogP contribution in [0.15, 0.2) is 36.3 Å². The van der Waals surface area contributed by atoms with Crippen LogP contribution in [0.5, 0.6) is 5.75 Å². The van der Waals surface area contributed by atoms with E-state index in [4.69, 9.17) is 24.5 Å². The van der Waals surface area contributed by atoms with Gasteiger partial charge in [0.05, 0.1) is 11.4 Å². The van der Waals surface area contributed by atoms with Crippen LogP contribution < -0.4 is 20.7 Å². The smallest absolute Gasteiger partial charge is 0.475 e. The topological polar surface area (TPSA) is 169 Å². The minimum atomic E-state index is -5.08. The van der Waals surface area contributed by atoms with E-state index in [1.807, 2.05) is 31.2 Å². The Bertz CT molecular complexity index is 1250. The molecule has 2 aliphatic rings. The minimum Gasteiger partial charge on any atom is -0.475 e. The SMILES string of the molecule is Cc1cnc(NCC2CCNCC2)nc1/C(C#N)=C1/Nc2ccccc2O1.O=C(O)C(F)(F)F.O=C(O)C(F)(F)F. The molecule has 1 saturated heterocycles. The molecule has 0 spiro atoms. The van der Waals surface area contributed by atoms with Gasteiger partial charge in [-0.1, -0.05) is 12.1 Å². The van der Waals surface area contributed by atoms with Gasteiger partial charge < -0.3 is 30.9 Å². The number of carbonyl (C=O) groups is 2. The fourth-order valence-corrected chi connectivity index (χ4v) is 3.34. The Morgan fingerprint density at radius 2 is 1.66 bits per heavy atom. The van der Waals surface area contributed by atoms with Crippen LogP contribution in [-0.2, 0) is 9.59 Å². The van der Waals surface area contributed by atoms with Gasteiger partial charge in [-0.25, -0.2) is 19.6 Å². The largest absolute Gasteiger partial charge is 0.490 e. The maximum Gasteiger partial charge on any atom is 0.490 e. The maximum atomic E-state index is 10.6. The van der Waals surface area contributed by atoms with Crippen LogP contribution in [0.1, 0.15) is 24.1 Å². The lowest BCUT2D eigenvalue weighted by molar-refractivity contribution is -0.193. The number of aryl methyl sites for hydroxylation is 1. The monoisotopic (exact) mass is 590 g/mol. The zero-order valence-electron chi connectivity index (χ0n) is 21.2. The first kappa shape index (κ1) is 32.6. The number of nitrogens with zero attached hydrogens (tertiary/aromatic N) is 3. The summed E-state index contributed by atoms with van der Waals surface area (Å²) in [4.78, 5) is 26.8. The third-order valence-corrected chi connectivity index (χ3v) is 5.39. The third-order valence-electron chi connectivity index (χ3n) is 5.39. The molecule has 0 amide bonds. The van der Waals surface area contributed by atoms with Gasteiger partial charge >= 0.3 is 24.3 Å². The number of piperidine rings is 1. The van der Waals surface area contributed by atoms with Crippen molar-refractivity contribution in [3.63, 3.8) is 0 Å². The predicted molar refractivity (Wildman–Crippen MR) is 131 cm³/mol. The summed E-state index contributed by atoms with van der Waals surface area (Å²) in [6.45, 7) is 4.84. The lowest BCUT2D eigenvalue weighted by Gasteiger charge is -2.22. The molecule has 1 aromatic carbocycles. The molecule has 17 heteroatoms. The minimum absolute atomic E-state index is 0.371. The van der Waals surface area contributed by atoms with Crippen molar-refractivity contribution in [2.45, 2.75) is 32.1 Å². The van der Waals surface area contributed by atoms with Crippen molar-refractivity contribution < 1.29 is 50.9 Å². The van der Waals surface area contributed by atoms with Gasteiger partial charge in [-0.2, -0.15) is 31.6 Å². The number of aromatic nitrogens is 2. The Morgan fingerprint density at radius 1 is 1.10 bits per heavy atom. The number of alkyl halides is 6. The van der Waals surface area contributed by atoms with Crippen molar-refractivity contribution in [1.82, 2.24) is 15.3 Å². The molecule has 41 heavy (non-hydrogen) atoms. The maximum absolute atomic E-state index is 10.6. The molecule has 1 fully saturated rings. The second-order valence-corrected chi connectivity index (χ2v) is 8.44. The highest BCUT2D eigenvalue weighted by Gasteiger charge is 2.38. The molecule has 0 bridgehead atoms. The molecule has 1 aromatic heterocycles. The molecule has 3 heterocycles. The first-order chi connectivity index (χ1) is 19.1. The first-order valence-electron chi connectivity index (χ1n) is 11.7. The summed E-state index contributed by atoms with van der Waals surface area (Å²) in [5.74, 6) is -3.25. The molecular formula is C24H24F6N6O5. The fraction of sp³-hybridized carbons (Fsp3) is 0.375. The quantitative estimate of drug-likeness (QED) is 0.256. The number of carboxylic acids is 2. The van der Waals surface area contributed by atoms with Crippen LogP contribution in [0.4, 0.5) is 38.0 Å². The van der Waals surface area contributed by atoms with E-state index in [0.717, 1.165) is 43.7 Å². The number of ether oxygens (including phenoxy) is 1. The number of fused-ring (bicyclic) bond motifs is 1. The molecule has 5 N–H and O–H groups in total. The Balaban J connectivity index is 0.000000349. The van der Waals surface area contributed by atoms with E-state index in [2.05, 4.69) is 32.0 Å².